The maximum absolute atomic E-state index is 11.9. The van der Waals surface area contributed by atoms with Gasteiger partial charge in [-0.15, -0.1) is 0 Å². The quantitative estimate of drug-likeness (QED) is 0.288. The van der Waals surface area contributed by atoms with Crippen LogP contribution >= 0.6 is 0 Å². The number of fused-ring (bicyclic) bond motifs is 2. The fraction of sp³-hybridized carbons (Fsp3) is 0.667. The number of carbonyl (C=O) groups excluding carboxylic acids is 1. The summed E-state index contributed by atoms with van der Waals surface area (Å²) in [6, 6.07) is 0. The van der Waals surface area contributed by atoms with E-state index in [9.17, 15) is 25.2 Å². The second-order valence-corrected chi connectivity index (χ2v) is 8.52. The van der Waals surface area contributed by atoms with E-state index in [1.807, 2.05) is 0 Å². The summed E-state index contributed by atoms with van der Waals surface area (Å²) in [7, 11) is 0. The fourth-order valence-corrected chi connectivity index (χ4v) is 5.21. The molecule has 2 aliphatic carbocycles. The van der Waals surface area contributed by atoms with Crippen LogP contribution in [0.2, 0.25) is 0 Å². The predicted octanol–water partition coefficient (Wildman–Crippen LogP) is -0.188. The van der Waals surface area contributed by atoms with Gasteiger partial charge in [-0.3, -0.25) is 0 Å². The molecule has 160 valence electrons. The lowest BCUT2D eigenvalue weighted by Crippen LogP contribution is -2.60. The van der Waals surface area contributed by atoms with Crippen LogP contribution in [0.1, 0.15) is 19.3 Å². The molecule has 0 amide bonds. The fourth-order valence-electron chi connectivity index (χ4n) is 5.21. The van der Waals surface area contributed by atoms with E-state index >= 15 is 0 Å². The number of ether oxygens (including phenoxy) is 3. The normalized spacial score (nSPS) is 47.6. The van der Waals surface area contributed by atoms with Crippen LogP contribution in [0.15, 0.2) is 36.5 Å². The van der Waals surface area contributed by atoms with Crippen LogP contribution in [-0.2, 0) is 19.0 Å². The Hall–Kier alpha value is -1.55. The van der Waals surface area contributed by atoms with Crippen molar-refractivity contribution in [3.63, 3.8) is 0 Å². The zero-order valence-electron chi connectivity index (χ0n) is 16.1. The van der Waals surface area contributed by atoms with Gasteiger partial charge in [0.25, 0.3) is 0 Å². The Morgan fingerprint density at radius 2 is 1.76 bits per heavy atom. The Balaban J connectivity index is 1.52. The molecular weight excluding hydrogens is 380 g/mol. The predicted molar refractivity (Wildman–Crippen MR) is 100 cm³/mol. The second-order valence-electron chi connectivity index (χ2n) is 8.52. The third-order valence-corrected chi connectivity index (χ3v) is 6.92. The van der Waals surface area contributed by atoms with Crippen LogP contribution in [0.5, 0.6) is 0 Å². The number of esters is 1. The van der Waals surface area contributed by atoms with E-state index in [1.54, 1.807) is 0 Å². The SMILES string of the molecule is C=C1C(=O)O[C@H]2CC(=C)[C@@H]3C[C@H](O[C@H]4[C@H](O)[C@H](O)[C@H](O)O[C@H]4CO)C(=C)[C@@H]3C[C@H]12. The molecule has 10 atom stereocenters. The van der Waals surface area contributed by atoms with Gasteiger partial charge in [0.15, 0.2) is 6.29 Å². The number of hydrogen-bond acceptors (Lipinski definition) is 8. The molecule has 0 unspecified atom stereocenters. The second kappa shape index (κ2) is 7.61. The van der Waals surface area contributed by atoms with E-state index in [4.69, 9.17) is 14.2 Å². The zero-order valence-corrected chi connectivity index (χ0v) is 16.1. The molecule has 29 heavy (non-hydrogen) atoms. The summed E-state index contributed by atoms with van der Waals surface area (Å²) in [5.74, 6) is -0.327. The Morgan fingerprint density at radius 3 is 2.45 bits per heavy atom. The number of aliphatic hydroxyl groups is 4. The van der Waals surface area contributed by atoms with Crippen LogP contribution in [0, 0.1) is 17.8 Å². The molecule has 0 aromatic heterocycles. The van der Waals surface area contributed by atoms with Gasteiger partial charge in [0.1, 0.15) is 30.5 Å². The van der Waals surface area contributed by atoms with Gasteiger partial charge in [-0.25, -0.2) is 4.79 Å². The van der Waals surface area contributed by atoms with E-state index in [0.717, 1.165) is 11.1 Å². The Labute approximate surface area is 169 Å². The standard InChI is InChI=1S/C21H28O8/c1-8-4-15-13(10(3)20(25)28-15)5-12-9(2)14(6-11(8)12)27-19-16(7-22)29-21(26)18(24)17(19)23/h11-19,21-24,26H,1-7H2/t11-,12-,13+,14-,15-,16-,17+,18-,19+,21+/m0/s1. The first-order valence-corrected chi connectivity index (χ1v) is 9.95. The maximum Gasteiger partial charge on any atom is 0.334 e. The van der Waals surface area contributed by atoms with Crippen LogP contribution in [-0.4, -0.2) is 75.9 Å². The van der Waals surface area contributed by atoms with Gasteiger partial charge in [0.05, 0.1) is 12.7 Å². The van der Waals surface area contributed by atoms with Crippen molar-refractivity contribution in [1.82, 2.24) is 0 Å². The number of rotatable bonds is 3. The molecule has 0 spiro atoms. The number of aliphatic hydroxyl groups excluding tert-OH is 4. The minimum absolute atomic E-state index is 0.0264. The molecule has 2 aliphatic heterocycles. The average molecular weight is 408 g/mol. The molecule has 8 nitrogen and oxygen atoms in total. The van der Waals surface area contributed by atoms with Gasteiger partial charge >= 0.3 is 5.97 Å². The van der Waals surface area contributed by atoms with Crippen molar-refractivity contribution < 1.29 is 39.4 Å². The van der Waals surface area contributed by atoms with Crippen LogP contribution in [0.25, 0.3) is 0 Å². The highest BCUT2D eigenvalue weighted by Gasteiger charge is 2.51. The van der Waals surface area contributed by atoms with Crippen LogP contribution in [0.3, 0.4) is 0 Å². The summed E-state index contributed by atoms with van der Waals surface area (Å²) in [5.41, 5.74) is 2.26. The van der Waals surface area contributed by atoms with E-state index in [2.05, 4.69) is 19.7 Å². The van der Waals surface area contributed by atoms with Crippen LogP contribution in [0.4, 0.5) is 0 Å². The molecule has 0 bridgehead atoms. The highest BCUT2D eigenvalue weighted by molar-refractivity contribution is 5.90. The van der Waals surface area contributed by atoms with Crippen molar-refractivity contribution in [3.8, 4) is 0 Å². The molecular formula is C21H28O8. The lowest BCUT2D eigenvalue weighted by atomic mass is 9.83. The van der Waals surface area contributed by atoms with Gasteiger partial charge in [-0.2, -0.15) is 0 Å². The molecule has 2 saturated heterocycles. The number of carbonyl (C=O) groups is 1. The van der Waals surface area contributed by atoms with E-state index in [0.29, 0.717) is 24.8 Å². The van der Waals surface area contributed by atoms with Gasteiger partial charge < -0.3 is 34.6 Å². The zero-order chi connectivity index (χ0) is 21.0. The van der Waals surface area contributed by atoms with Crippen molar-refractivity contribution in [2.75, 3.05) is 6.61 Å². The number of hydrogen-bond donors (Lipinski definition) is 4. The molecule has 4 aliphatic rings. The smallest absolute Gasteiger partial charge is 0.334 e. The van der Waals surface area contributed by atoms with Crippen molar-refractivity contribution >= 4 is 5.97 Å². The van der Waals surface area contributed by atoms with Gasteiger partial charge in [-0.05, 0) is 30.3 Å². The molecule has 4 fully saturated rings. The minimum Gasteiger partial charge on any atom is -0.458 e. The monoisotopic (exact) mass is 408 g/mol. The van der Waals surface area contributed by atoms with Crippen molar-refractivity contribution in [2.45, 2.75) is 62.2 Å². The Bertz CT molecular complexity index is 730. The van der Waals surface area contributed by atoms with Crippen LogP contribution < -0.4 is 0 Å². The summed E-state index contributed by atoms with van der Waals surface area (Å²) < 4.78 is 16.7. The van der Waals surface area contributed by atoms with E-state index in [-0.39, 0.29) is 29.8 Å². The molecule has 4 rings (SSSR count). The van der Waals surface area contributed by atoms with Gasteiger partial charge in [-0.1, -0.05) is 25.3 Å². The molecule has 2 heterocycles. The topological polar surface area (TPSA) is 126 Å². The van der Waals surface area contributed by atoms with E-state index < -0.39 is 43.4 Å². The highest BCUT2D eigenvalue weighted by atomic mass is 16.7. The molecule has 0 aromatic carbocycles. The van der Waals surface area contributed by atoms with Gasteiger partial charge in [0, 0.05) is 17.9 Å². The lowest BCUT2D eigenvalue weighted by molar-refractivity contribution is -0.298. The first kappa shape index (κ1) is 20.7. The Kier molecular flexibility index (Phi) is 5.43. The average Bonchev–Trinajstić information content (AvgIpc) is 3.08. The maximum atomic E-state index is 11.9. The van der Waals surface area contributed by atoms with E-state index in [1.165, 1.54) is 0 Å². The molecule has 2 saturated carbocycles. The minimum atomic E-state index is -1.59. The first-order chi connectivity index (χ1) is 13.7. The van der Waals surface area contributed by atoms with Crippen molar-refractivity contribution in [2.24, 2.45) is 17.8 Å². The molecule has 0 radical (unpaired) electrons. The molecule has 0 aromatic rings. The van der Waals surface area contributed by atoms with Crippen molar-refractivity contribution in [1.29, 1.82) is 0 Å². The third-order valence-electron chi connectivity index (χ3n) is 6.92. The summed E-state index contributed by atoms with van der Waals surface area (Å²) >= 11 is 0. The summed E-state index contributed by atoms with van der Waals surface area (Å²) in [4.78, 5) is 11.9. The van der Waals surface area contributed by atoms with Gasteiger partial charge in [0.2, 0.25) is 0 Å². The third kappa shape index (κ3) is 3.37. The summed E-state index contributed by atoms with van der Waals surface area (Å²) in [5, 5.41) is 39.5. The molecule has 8 heteroatoms. The molecule has 4 N–H and O–H groups in total. The lowest BCUT2D eigenvalue weighted by Gasteiger charge is -2.41. The largest absolute Gasteiger partial charge is 0.458 e. The van der Waals surface area contributed by atoms with Crippen molar-refractivity contribution in [3.05, 3.63) is 36.5 Å². The highest BCUT2D eigenvalue weighted by Crippen LogP contribution is 2.52. The Morgan fingerprint density at radius 1 is 1.03 bits per heavy atom. The summed E-state index contributed by atoms with van der Waals surface area (Å²) in [6.45, 7) is 11.8. The summed E-state index contributed by atoms with van der Waals surface area (Å²) in [6.07, 6.45) is -5.41. The first-order valence-electron chi connectivity index (χ1n) is 9.95.